The minimum absolute atomic E-state index is 0.891. The minimum Gasteiger partial charge on any atom is -0.455 e. The molecule has 0 amide bonds. The molecule has 0 atom stereocenters. The lowest BCUT2D eigenvalue weighted by molar-refractivity contribution is 0.670. The summed E-state index contributed by atoms with van der Waals surface area (Å²) in [6.45, 7) is 0. The van der Waals surface area contributed by atoms with E-state index in [1.54, 1.807) is 0 Å². The zero-order chi connectivity index (χ0) is 34.2. The van der Waals surface area contributed by atoms with Crippen LogP contribution in [0.5, 0.6) is 0 Å². The van der Waals surface area contributed by atoms with E-state index < -0.39 is 0 Å². The van der Waals surface area contributed by atoms with Gasteiger partial charge >= 0.3 is 0 Å². The Kier molecular flexibility index (Phi) is 6.28. The Balaban J connectivity index is 1.21. The predicted molar refractivity (Wildman–Crippen MR) is 219 cm³/mol. The van der Waals surface area contributed by atoms with Crippen molar-refractivity contribution >= 4 is 65.3 Å². The molecular formula is C50H31NO. The van der Waals surface area contributed by atoms with E-state index in [0.29, 0.717) is 0 Å². The second-order valence-corrected chi connectivity index (χ2v) is 13.6. The fourth-order valence-electron chi connectivity index (χ4n) is 8.59. The standard InChI is InChI=1S/C50H31NO/c1-3-15-32(16-4-1)47-37-20-7-9-22-39(37)48(40-23-10-8-21-38(40)47)42-29-28-35(50-49(42)41-24-12-14-26-46(41)52-50)33-27-30-45-43(31-33)36-19-11-13-25-44(36)51(45)34-17-5-2-6-18-34/h1-31H. The van der Waals surface area contributed by atoms with E-state index in [1.165, 1.54) is 65.6 Å². The number of hydrogen-bond donors (Lipinski definition) is 0. The first-order chi connectivity index (χ1) is 25.8. The molecule has 0 unspecified atom stereocenters. The van der Waals surface area contributed by atoms with E-state index in [4.69, 9.17) is 4.42 Å². The van der Waals surface area contributed by atoms with Crippen molar-refractivity contribution in [3.05, 3.63) is 188 Å². The highest BCUT2D eigenvalue weighted by atomic mass is 16.3. The third-order valence-electron chi connectivity index (χ3n) is 10.8. The number of hydrogen-bond acceptors (Lipinski definition) is 1. The summed E-state index contributed by atoms with van der Waals surface area (Å²) in [5.74, 6) is 0. The summed E-state index contributed by atoms with van der Waals surface area (Å²) in [5, 5.41) is 9.67. The van der Waals surface area contributed by atoms with Crippen LogP contribution in [-0.2, 0) is 0 Å². The Hall–Kier alpha value is -6.90. The van der Waals surface area contributed by atoms with Crippen LogP contribution in [0.15, 0.2) is 192 Å². The first kappa shape index (κ1) is 28.9. The smallest absolute Gasteiger partial charge is 0.143 e. The number of benzene rings is 9. The van der Waals surface area contributed by atoms with E-state index in [0.717, 1.165) is 38.8 Å². The maximum atomic E-state index is 6.89. The lowest BCUT2D eigenvalue weighted by Crippen LogP contribution is -1.93. The molecule has 0 saturated carbocycles. The van der Waals surface area contributed by atoms with Crippen LogP contribution < -0.4 is 0 Å². The van der Waals surface area contributed by atoms with Crippen molar-refractivity contribution in [2.45, 2.75) is 0 Å². The third-order valence-corrected chi connectivity index (χ3v) is 10.8. The van der Waals surface area contributed by atoms with Crippen LogP contribution in [0.25, 0.3) is 104 Å². The Bertz CT molecular complexity index is 3110. The highest BCUT2D eigenvalue weighted by Crippen LogP contribution is 2.49. The molecule has 242 valence electrons. The van der Waals surface area contributed by atoms with Gasteiger partial charge in [0.2, 0.25) is 0 Å². The molecule has 52 heavy (non-hydrogen) atoms. The molecule has 2 heterocycles. The lowest BCUT2D eigenvalue weighted by Gasteiger charge is -2.18. The van der Waals surface area contributed by atoms with E-state index >= 15 is 0 Å². The van der Waals surface area contributed by atoms with Gasteiger partial charge in [-0.15, -0.1) is 0 Å². The van der Waals surface area contributed by atoms with Crippen LogP contribution in [0.1, 0.15) is 0 Å². The van der Waals surface area contributed by atoms with Crippen molar-refractivity contribution in [1.29, 1.82) is 0 Å². The van der Waals surface area contributed by atoms with Gasteiger partial charge in [-0.2, -0.15) is 0 Å². The second kappa shape index (κ2) is 11.3. The van der Waals surface area contributed by atoms with Gasteiger partial charge in [0.05, 0.1) is 11.0 Å². The minimum atomic E-state index is 0.891. The SMILES string of the molecule is c1ccc(-c2c3ccccc3c(-c3ccc(-c4ccc5c(c4)c4ccccc4n5-c4ccccc4)c4oc5ccccc5c34)c3ccccc23)cc1. The fourth-order valence-corrected chi connectivity index (χ4v) is 8.59. The summed E-state index contributed by atoms with van der Waals surface area (Å²) in [6, 6.07) is 67.8. The van der Waals surface area contributed by atoms with Crippen LogP contribution in [0.3, 0.4) is 0 Å². The molecule has 11 aromatic rings. The Morgan fingerprint density at radius 3 is 1.60 bits per heavy atom. The van der Waals surface area contributed by atoms with E-state index in [9.17, 15) is 0 Å². The number of nitrogens with zero attached hydrogens (tertiary/aromatic N) is 1. The van der Waals surface area contributed by atoms with Gasteiger partial charge in [0, 0.05) is 32.8 Å². The summed E-state index contributed by atoms with van der Waals surface area (Å²) >= 11 is 0. The van der Waals surface area contributed by atoms with Crippen LogP contribution in [-0.4, -0.2) is 4.57 Å². The molecule has 11 rings (SSSR count). The van der Waals surface area contributed by atoms with Gasteiger partial charge in [0.1, 0.15) is 11.2 Å². The molecule has 0 saturated heterocycles. The average Bonchev–Trinajstić information content (AvgIpc) is 3.77. The first-order valence-electron chi connectivity index (χ1n) is 17.9. The van der Waals surface area contributed by atoms with Crippen molar-refractivity contribution in [1.82, 2.24) is 4.57 Å². The van der Waals surface area contributed by atoms with Gasteiger partial charge in [-0.3, -0.25) is 0 Å². The first-order valence-corrected chi connectivity index (χ1v) is 17.9. The van der Waals surface area contributed by atoms with Gasteiger partial charge in [-0.05, 0) is 91.8 Å². The normalized spacial score (nSPS) is 11.8. The van der Waals surface area contributed by atoms with Crippen molar-refractivity contribution < 1.29 is 4.42 Å². The Morgan fingerprint density at radius 1 is 0.346 bits per heavy atom. The van der Waals surface area contributed by atoms with Crippen LogP contribution in [0.4, 0.5) is 0 Å². The second-order valence-electron chi connectivity index (χ2n) is 13.6. The highest BCUT2D eigenvalue weighted by molar-refractivity contribution is 6.26. The summed E-state index contributed by atoms with van der Waals surface area (Å²) in [7, 11) is 0. The molecule has 2 heteroatoms. The van der Waals surface area contributed by atoms with Crippen molar-refractivity contribution in [2.75, 3.05) is 0 Å². The fraction of sp³-hybridized carbons (Fsp3) is 0. The molecule has 0 aliphatic carbocycles. The number of fused-ring (bicyclic) bond motifs is 8. The quantitative estimate of drug-likeness (QED) is 0.172. The topological polar surface area (TPSA) is 18.1 Å². The predicted octanol–water partition coefficient (Wildman–Crippen LogP) is 14.0. The molecular weight excluding hydrogens is 631 g/mol. The van der Waals surface area contributed by atoms with Crippen molar-refractivity contribution in [2.24, 2.45) is 0 Å². The molecule has 0 aliphatic heterocycles. The molecule has 0 fully saturated rings. The molecule has 0 bridgehead atoms. The summed E-state index contributed by atoms with van der Waals surface area (Å²) < 4.78 is 9.25. The summed E-state index contributed by atoms with van der Waals surface area (Å²) in [6.07, 6.45) is 0. The van der Waals surface area contributed by atoms with Crippen molar-refractivity contribution in [3.63, 3.8) is 0 Å². The van der Waals surface area contributed by atoms with Gasteiger partial charge in [-0.1, -0.05) is 146 Å². The van der Waals surface area contributed by atoms with Gasteiger partial charge in [0.15, 0.2) is 0 Å². The number of aromatic nitrogens is 1. The van der Waals surface area contributed by atoms with Crippen LogP contribution in [0, 0.1) is 0 Å². The molecule has 9 aromatic carbocycles. The Labute approximate surface area is 300 Å². The lowest BCUT2D eigenvalue weighted by atomic mass is 9.84. The summed E-state index contributed by atoms with van der Waals surface area (Å²) in [5.41, 5.74) is 12.5. The summed E-state index contributed by atoms with van der Waals surface area (Å²) in [4.78, 5) is 0. The molecule has 2 aromatic heterocycles. The maximum absolute atomic E-state index is 6.89. The van der Waals surface area contributed by atoms with Crippen LogP contribution in [0.2, 0.25) is 0 Å². The van der Waals surface area contributed by atoms with Gasteiger partial charge < -0.3 is 8.98 Å². The molecule has 0 radical (unpaired) electrons. The number of rotatable bonds is 4. The maximum Gasteiger partial charge on any atom is 0.143 e. The highest BCUT2D eigenvalue weighted by Gasteiger charge is 2.23. The molecule has 2 nitrogen and oxygen atoms in total. The monoisotopic (exact) mass is 661 g/mol. The molecule has 0 spiro atoms. The number of furan rings is 1. The largest absolute Gasteiger partial charge is 0.455 e. The molecule has 0 N–H and O–H groups in total. The zero-order valence-electron chi connectivity index (χ0n) is 28.3. The van der Waals surface area contributed by atoms with E-state index in [-0.39, 0.29) is 0 Å². The van der Waals surface area contributed by atoms with Crippen molar-refractivity contribution in [3.8, 4) is 39.1 Å². The average molecular weight is 662 g/mol. The zero-order valence-corrected chi connectivity index (χ0v) is 28.3. The number of para-hydroxylation sites is 3. The van der Waals surface area contributed by atoms with Gasteiger partial charge in [0.25, 0.3) is 0 Å². The van der Waals surface area contributed by atoms with E-state index in [2.05, 4.69) is 193 Å². The third kappa shape index (κ3) is 4.19. The van der Waals surface area contributed by atoms with Gasteiger partial charge in [-0.25, -0.2) is 0 Å². The van der Waals surface area contributed by atoms with E-state index in [1.807, 2.05) is 0 Å². The van der Waals surface area contributed by atoms with Crippen LogP contribution >= 0.6 is 0 Å². The molecule has 0 aliphatic rings. The Morgan fingerprint density at radius 2 is 0.885 bits per heavy atom.